The van der Waals surface area contributed by atoms with Gasteiger partial charge < -0.3 is 15.4 Å². The molecule has 2 unspecified atom stereocenters. The predicted octanol–water partition coefficient (Wildman–Crippen LogP) is 2.50. The molecule has 0 aromatic heterocycles. The molecule has 28 heavy (non-hydrogen) atoms. The van der Waals surface area contributed by atoms with Gasteiger partial charge in [-0.3, -0.25) is 14.4 Å². The summed E-state index contributed by atoms with van der Waals surface area (Å²) in [4.78, 5) is 37.2. The van der Waals surface area contributed by atoms with Crippen molar-refractivity contribution in [3.8, 4) is 0 Å². The molecule has 2 amide bonds. The fourth-order valence-corrected chi connectivity index (χ4v) is 3.14. The van der Waals surface area contributed by atoms with Crippen LogP contribution in [0.3, 0.4) is 0 Å². The number of hydrogen-bond acceptors (Lipinski definition) is 4. The van der Waals surface area contributed by atoms with Gasteiger partial charge >= 0.3 is 0 Å². The number of benzene rings is 1. The van der Waals surface area contributed by atoms with Crippen LogP contribution in [0.2, 0.25) is 0 Å². The van der Waals surface area contributed by atoms with Crippen LogP contribution in [0, 0.1) is 11.8 Å². The molecule has 154 valence electrons. The molecule has 2 atom stereocenters. The number of rotatable bonds is 10. The molecule has 1 aromatic carbocycles. The Morgan fingerprint density at radius 1 is 1.14 bits per heavy atom. The second-order valence-corrected chi connectivity index (χ2v) is 8.61. The van der Waals surface area contributed by atoms with Crippen LogP contribution in [-0.4, -0.2) is 42.4 Å². The Balaban J connectivity index is 1.91. The Bertz CT molecular complexity index is 723. The summed E-state index contributed by atoms with van der Waals surface area (Å²) in [5, 5.41) is 5.39. The van der Waals surface area contributed by atoms with Crippen molar-refractivity contribution in [2.75, 3.05) is 13.2 Å². The van der Waals surface area contributed by atoms with Gasteiger partial charge in [-0.05, 0) is 49.3 Å². The average molecular weight is 389 g/mol. The van der Waals surface area contributed by atoms with Gasteiger partial charge in [-0.2, -0.15) is 0 Å². The maximum absolute atomic E-state index is 12.6. The van der Waals surface area contributed by atoms with Crippen LogP contribution in [0.5, 0.6) is 0 Å². The summed E-state index contributed by atoms with van der Waals surface area (Å²) in [6.45, 7) is 10.2. The topological polar surface area (TPSA) is 87.8 Å². The second kappa shape index (κ2) is 9.32. The molecule has 1 aliphatic heterocycles. The summed E-state index contributed by atoms with van der Waals surface area (Å²) >= 11 is 0. The van der Waals surface area contributed by atoms with Gasteiger partial charge in [-0.25, -0.2) is 0 Å². The van der Waals surface area contributed by atoms with Gasteiger partial charge in [0.15, 0.2) is 5.78 Å². The monoisotopic (exact) mass is 388 g/mol. The van der Waals surface area contributed by atoms with Gasteiger partial charge in [0.1, 0.15) is 5.60 Å². The van der Waals surface area contributed by atoms with Crippen LogP contribution < -0.4 is 10.6 Å². The highest BCUT2D eigenvalue weighted by Crippen LogP contribution is 2.29. The number of carbonyl (C=O) groups is 3. The zero-order valence-electron chi connectivity index (χ0n) is 17.5. The molecule has 0 radical (unpaired) electrons. The van der Waals surface area contributed by atoms with Gasteiger partial charge in [0.05, 0.1) is 19.2 Å². The quantitative estimate of drug-likeness (QED) is 0.603. The van der Waals surface area contributed by atoms with E-state index in [0.29, 0.717) is 24.5 Å². The molecule has 1 heterocycles. The average Bonchev–Trinajstić information content (AvgIpc) is 3.36. The SMILES string of the molecule is CC(C)Cc1cccc(C(=O)NCC(=O)NC(CC(C)C)C(=O)C2(C)CO2)c1. The predicted molar refractivity (Wildman–Crippen MR) is 108 cm³/mol. The van der Waals surface area contributed by atoms with E-state index in [2.05, 4.69) is 24.5 Å². The number of Topliss-reactive ketones (excluding diaryl/α,β-unsaturated/α-hetero) is 1. The molecule has 2 rings (SSSR count). The van der Waals surface area contributed by atoms with Gasteiger partial charge in [0.25, 0.3) is 5.91 Å². The molecule has 0 saturated carbocycles. The molecule has 0 aliphatic carbocycles. The first-order valence-electron chi connectivity index (χ1n) is 9.95. The number of amides is 2. The number of carbonyl (C=O) groups excluding carboxylic acids is 3. The maximum Gasteiger partial charge on any atom is 0.251 e. The minimum absolute atomic E-state index is 0.109. The van der Waals surface area contributed by atoms with Crippen molar-refractivity contribution >= 4 is 17.6 Å². The lowest BCUT2D eigenvalue weighted by Gasteiger charge is -2.21. The third kappa shape index (κ3) is 6.44. The van der Waals surface area contributed by atoms with E-state index in [9.17, 15) is 14.4 Å². The first-order valence-corrected chi connectivity index (χ1v) is 9.95. The van der Waals surface area contributed by atoms with E-state index in [1.54, 1.807) is 13.0 Å². The number of hydrogen-bond donors (Lipinski definition) is 2. The Labute approximate surface area is 167 Å². The smallest absolute Gasteiger partial charge is 0.251 e. The Kier molecular flexibility index (Phi) is 7.35. The summed E-state index contributed by atoms with van der Waals surface area (Å²) in [7, 11) is 0. The van der Waals surface area contributed by atoms with E-state index in [1.807, 2.05) is 32.0 Å². The lowest BCUT2D eigenvalue weighted by Crippen LogP contribution is -2.49. The highest BCUT2D eigenvalue weighted by atomic mass is 16.6. The Morgan fingerprint density at radius 2 is 1.82 bits per heavy atom. The Morgan fingerprint density at radius 3 is 2.39 bits per heavy atom. The molecule has 6 nitrogen and oxygen atoms in total. The zero-order chi connectivity index (χ0) is 20.9. The minimum atomic E-state index is -0.785. The molecule has 2 N–H and O–H groups in total. The normalized spacial score (nSPS) is 19.4. The van der Waals surface area contributed by atoms with E-state index in [4.69, 9.17) is 4.74 Å². The highest BCUT2D eigenvalue weighted by molar-refractivity contribution is 5.99. The molecule has 1 saturated heterocycles. The fourth-order valence-electron chi connectivity index (χ4n) is 3.14. The molecular formula is C22H32N2O4. The zero-order valence-corrected chi connectivity index (χ0v) is 17.5. The highest BCUT2D eigenvalue weighted by Gasteiger charge is 2.50. The molecule has 0 bridgehead atoms. The van der Waals surface area contributed by atoms with E-state index < -0.39 is 11.6 Å². The fraction of sp³-hybridized carbons (Fsp3) is 0.591. The molecule has 1 fully saturated rings. The van der Waals surface area contributed by atoms with Crippen molar-refractivity contribution in [1.29, 1.82) is 0 Å². The summed E-state index contributed by atoms with van der Waals surface area (Å²) in [6.07, 6.45) is 1.43. The summed E-state index contributed by atoms with van der Waals surface area (Å²) in [6, 6.07) is 6.81. The van der Waals surface area contributed by atoms with Gasteiger partial charge in [-0.1, -0.05) is 39.8 Å². The minimum Gasteiger partial charge on any atom is -0.361 e. The lowest BCUT2D eigenvalue weighted by molar-refractivity contribution is -0.130. The van der Waals surface area contributed by atoms with E-state index >= 15 is 0 Å². The number of epoxide rings is 1. The van der Waals surface area contributed by atoms with Crippen LogP contribution in [0.15, 0.2) is 24.3 Å². The molecule has 6 heteroatoms. The maximum atomic E-state index is 12.6. The molecular weight excluding hydrogens is 356 g/mol. The summed E-state index contributed by atoms with van der Waals surface area (Å²) in [5.41, 5.74) is 0.833. The van der Waals surface area contributed by atoms with Crippen LogP contribution in [0.25, 0.3) is 0 Å². The number of nitrogens with one attached hydrogen (secondary N) is 2. The number of ether oxygens (including phenoxy) is 1. The van der Waals surface area contributed by atoms with Crippen LogP contribution >= 0.6 is 0 Å². The molecule has 1 aliphatic rings. The third-order valence-corrected chi connectivity index (χ3v) is 4.70. The summed E-state index contributed by atoms with van der Waals surface area (Å²) in [5.74, 6) is -0.0473. The number of ketones is 1. The standard InChI is InChI=1S/C22H32N2O4/c1-14(2)9-16-7-6-8-17(11-16)21(27)23-12-19(25)24-18(10-15(3)4)20(26)22(5)13-28-22/h6-8,11,14-15,18H,9-10,12-13H2,1-5H3,(H,23,27)(H,24,25). The van der Waals surface area contributed by atoms with Crippen LogP contribution in [0.4, 0.5) is 0 Å². The van der Waals surface area contributed by atoms with Gasteiger partial charge in [0.2, 0.25) is 5.91 Å². The lowest BCUT2D eigenvalue weighted by atomic mass is 9.93. The van der Waals surface area contributed by atoms with Crippen LogP contribution in [0.1, 0.15) is 57.0 Å². The van der Waals surface area contributed by atoms with Crippen molar-refractivity contribution < 1.29 is 19.1 Å². The van der Waals surface area contributed by atoms with Crippen LogP contribution in [-0.2, 0) is 20.7 Å². The van der Waals surface area contributed by atoms with Crippen molar-refractivity contribution in [2.24, 2.45) is 11.8 Å². The third-order valence-electron chi connectivity index (χ3n) is 4.70. The summed E-state index contributed by atoms with van der Waals surface area (Å²) < 4.78 is 5.23. The van der Waals surface area contributed by atoms with Crippen molar-refractivity contribution in [3.05, 3.63) is 35.4 Å². The first kappa shape index (κ1) is 22.1. The van der Waals surface area contributed by atoms with E-state index in [-0.39, 0.29) is 30.1 Å². The first-order chi connectivity index (χ1) is 13.1. The van der Waals surface area contributed by atoms with Crippen molar-refractivity contribution in [3.63, 3.8) is 0 Å². The van der Waals surface area contributed by atoms with Gasteiger partial charge in [0, 0.05) is 5.56 Å². The second-order valence-electron chi connectivity index (χ2n) is 8.61. The molecule has 0 spiro atoms. The molecule has 1 aromatic rings. The largest absolute Gasteiger partial charge is 0.361 e. The van der Waals surface area contributed by atoms with E-state index in [1.165, 1.54) is 0 Å². The van der Waals surface area contributed by atoms with Crippen molar-refractivity contribution in [2.45, 2.75) is 59.1 Å². The van der Waals surface area contributed by atoms with Gasteiger partial charge in [-0.15, -0.1) is 0 Å². The Hall–Kier alpha value is -2.21. The van der Waals surface area contributed by atoms with E-state index in [0.717, 1.165) is 12.0 Å². The van der Waals surface area contributed by atoms with Crippen molar-refractivity contribution in [1.82, 2.24) is 10.6 Å².